The number of aryl methyl sites for hydroxylation is 1. The van der Waals surface area contributed by atoms with Crippen LogP contribution in [0.25, 0.3) is 0 Å². The van der Waals surface area contributed by atoms with E-state index in [0.29, 0.717) is 0 Å². The van der Waals surface area contributed by atoms with Gasteiger partial charge in [-0.2, -0.15) is 0 Å². The third-order valence-corrected chi connectivity index (χ3v) is 3.63. The molecule has 18 heavy (non-hydrogen) atoms. The van der Waals surface area contributed by atoms with Crippen LogP contribution in [-0.4, -0.2) is 4.98 Å². The van der Waals surface area contributed by atoms with Gasteiger partial charge in [-0.3, -0.25) is 0 Å². The smallest absolute Gasteiger partial charge is 0.112 e. The number of benzene rings is 1. The summed E-state index contributed by atoms with van der Waals surface area (Å²) in [4.78, 5) is 4.68. The Kier molecular flexibility index (Phi) is 3.71. The first kappa shape index (κ1) is 13.1. The van der Waals surface area contributed by atoms with Crippen molar-refractivity contribution in [1.82, 2.24) is 4.98 Å². The summed E-state index contributed by atoms with van der Waals surface area (Å²) in [5.74, 6) is 0. The molecule has 0 aliphatic carbocycles. The van der Waals surface area contributed by atoms with Gasteiger partial charge in [-0.1, -0.05) is 32.9 Å². The molecule has 1 N–H and O–H groups in total. The largest absolute Gasteiger partial charge is 0.379 e. The zero-order valence-corrected chi connectivity index (χ0v) is 12.3. The van der Waals surface area contributed by atoms with Gasteiger partial charge in [-0.05, 0) is 24.6 Å². The number of hydrogen-bond acceptors (Lipinski definition) is 3. The normalized spacial score (nSPS) is 11.6. The molecule has 0 spiro atoms. The van der Waals surface area contributed by atoms with Crippen molar-refractivity contribution in [2.24, 2.45) is 0 Å². The first-order valence-electron chi connectivity index (χ1n) is 6.20. The quantitative estimate of drug-likeness (QED) is 0.887. The summed E-state index contributed by atoms with van der Waals surface area (Å²) < 4.78 is 0. The van der Waals surface area contributed by atoms with Crippen molar-refractivity contribution in [2.45, 2.75) is 39.7 Å². The van der Waals surface area contributed by atoms with Crippen molar-refractivity contribution in [3.8, 4) is 0 Å². The van der Waals surface area contributed by atoms with Gasteiger partial charge in [0.1, 0.15) is 5.01 Å². The Bertz CT molecular complexity index is 523. The number of rotatable bonds is 3. The number of nitrogens with one attached hydrogen (secondary N) is 1. The van der Waals surface area contributed by atoms with Crippen molar-refractivity contribution in [2.75, 3.05) is 5.32 Å². The second-order valence-corrected chi connectivity index (χ2v) is 6.54. The molecule has 0 unspecified atom stereocenters. The van der Waals surface area contributed by atoms with Crippen molar-refractivity contribution in [1.29, 1.82) is 0 Å². The Morgan fingerprint density at radius 3 is 2.67 bits per heavy atom. The van der Waals surface area contributed by atoms with E-state index in [1.54, 1.807) is 11.3 Å². The molecule has 1 aromatic heterocycles. The molecule has 96 valence electrons. The fraction of sp³-hybridized carbons (Fsp3) is 0.400. The lowest BCUT2D eigenvalue weighted by molar-refractivity contribution is 0.571. The minimum Gasteiger partial charge on any atom is -0.379 e. The molecule has 0 bridgehead atoms. The Hall–Kier alpha value is -1.35. The van der Waals surface area contributed by atoms with Crippen LogP contribution in [0.15, 0.2) is 29.6 Å². The molecule has 0 aliphatic rings. The molecular weight excluding hydrogens is 240 g/mol. The van der Waals surface area contributed by atoms with Gasteiger partial charge in [-0.15, -0.1) is 11.3 Å². The first-order valence-corrected chi connectivity index (χ1v) is 7.08. The third-order valence-electron chi connectivity index (χ3n) is 2.78. The molecule has 0 atom stereocenters. The van der Waals surface area contributed by atoms with Gasteiger partial charge in [0.2, 0.25) is 0 Å². The van der Waals surface area contributed by atoms with Crippen LogP contribution >= 0.6 is 11.3 Å². The van der Waals surface area contributed by atoms with Crippen molar-refractivity contribution < 1.29 is 0 Å². The maximum atomic E-state index is 4.68. The van der Waals surface area contributed by atoms with E-state index >= 15 is 0 Å². The Morgan fingerprint density at radius 1 is 1.28 bits per heavy atom. The predicted molar refractivity (Wildman–Crippen MR) is 79.3 cm³/mol. The Balaban J connectivity index is 2.01. The second kappa shape index (κ2) is 5.11. The van der Waals surface area contributed by atoms with Crippen LogP contribution in [0.3, 0.4) is 0 Å². The van der Waals surface area contributed by atoms with Gasteiger partial charge >= 0.3 is 0 Å². The van der Waals surface area contributed by atoms with Gasteiger partial charge in [0.05, 0.1) is 12.2 Å². The van der Waals surface area contributed by atoms with Gasteiger partial charge in [-0.25, -0.2) is 4.98 Å². The van der Waals surface area contributed by atoms with Crippen LogP contribution in [0.2, 0.25) is 0 Å². The highest BCUT2D eigenvalue weighted by Crippen LogP contribution is 2.24. The average molecular weight is 260 g/mol. The van der Waals surface area contributed by atoms with Crippen LogP contribution in [0.5, 0.6) is 0 Å². The third kappa shape index (κ3) is 3.33. The van der Waals surface area contributed by atoms with E-state index in [0.717, 1.165) is 17.2 Å². The SMILES string of the molecule is Cc1cccc(NCc2nc(C(C)(C)C)cs2)c1. The maximum Gasteiger partial charge on any atom is 0.112 e. The van der Waals surface area contributed by atoms with E-state index in [2.05, 4.69) is 67.6 Å². The number of aromatic nitrogens is 1. The van der Waals surface area contributed by atoms with Crippen molar-refractivity contribution in [3.05, 3.63) is 45.9 Å². The summed E-state index contributed by atoms with van der Waals surface area (Å²) in [6.45, 7) is 9.48. The first-order chi connectivity index (χ1) is 8.45. The summed E-state index contributed by atoms with van der Waals surface area (Å²) in [5, 5.41) is 6.71. The second-order valence-electron chi connectivity index (χ2n) is 5.60. The van der Waals surface area contributed by atoms with Gasteiger partial charge in [0.25, 0.3) is 0 Å². The number of hydrogen-bond donors (Lipinski definition) is 1. The van der Waals surface area contributed by atoms with Crippen molar-refractivity contribution in [3.63, 3.8) is 0 Å². The van der Waals surface area contributed by atoms with Crippen LogP contribution < -0.4 is 5.32 Å². The number of anilines is 1. The lowest BCUT2D eigenvalue weighted by atomic mass is 9.93. The number of thiazole rings is 1. The highest BCUT2D eigenvalue weighted by atomic mass is 32.1. The minimum atomic E-state index is 0.137. The molecule has 0 radical (unpaired) electrons. The monoisotopic (exact) mass is 260 g/mol. The summed E-state index contributed by atoms with van der Waals surface area (Å²) in [5.41, 5.74) is 3.74. The average Bonchev–Trinajstić information content (AvgIpc) is 2.74. The topological polar surface area (TPSA) is 24.9 Å². The maximum absolute atomic E-state index is 4.68. The molecule has 0 aliphatic heterocycles. The molecule has 3 heteroatoms. The van der Waals surface area contributed by atoms with E-state index < -0.39 is 0 Å². The molecule has 1 aromatic carbocycles. The lowest BCUT2D eigenvalue weighted by Gasteiger charge is -2.14. The molecule has 1 heterocycles. The lowest BCUT2D eigenvalue weighted by Crippen LogP contribution is -2.11. The summed E-state index contributed by atoms with van der Waals surface area (Å²) in [6, 6.07) is 8.41. The van der Waals surface area contributed by atoms with E-state index in [4.69, 9.17) is 0 Å². The fourth-order valence-electron chi connectivity index (χ4n) is 1.67. The molecule has 0 fully saturated rings. The minimum absolute atomic E-state index is 0.137. The fourth-order valence-corrected chi connectivity index (χ4v) is 2.63. The van der Waals surface area contributed by atoms with Crippen LogP contribution in [0.1, 0.15) is 37.0 Å². The van der Waals surface area contributed by atoms with E-state index in [1.807, 2.05) is 0 Å². The summed E-state index contributed by atoms with van der Waals surface area (Å²) in [6.07, 6.45) is 0. The standard InChI is InChI=1S/C15H20N2S/c1-11-6-5-7-12(8-11)16-9-14-17-13(10-18-14)15(2,3)4/h5-8,10,16H,9H2,1-4H3. The van der Waals surface area contributed by atoms with Gasteiger partial charge in [0, 0.05) is 16.5 Å². The summed E-state index contributed by atoms with van der Waals surface area (Å²) >= 11 is 1.73. The van der Waals surface area contributed by atoms with Crippen LogP contribution in [-0.2, 0) is 12.0 Å². The van der Waals surface area contributed by atoms with Gasteiger partial charge in [0.15, 0.2) is 0 Å². The van der Waals surface area contributed by atoms with E-state index in [1.165, 1.54) is 11.3 Å². The Labute approximate surface area is 113 Å². The molecule has 0 amide bonds. The zero-order valence-electron chi connectivity index (χ0n) is 11.4. The molecular formula is C15H20N2S. The predicted octanol–water partition coefficient (Wildman–Crippen LogP) is 4.36. The van der Waals surface area contributed by atoms with Crippen molar-refractivity contribution >= 4 is 17.0 Å². The molecule has 2 aromatic rings. The zero-order chi connectivity index (χ0) is 13.2. The van der Waals surface area contributed by atoms with E-state index in [9.17, 15) is 0 Å². The Morgan fingerprint density at radius 2 is 2.06 bits per heavy atom. The van der Waals surface area contributed by atoms with Gasteiger partial charge < -0.3 is 5.32 Å². The highest BCUT2D eigenvalue weighted by Gasteiger charge is 2.17. The number of nitrogens with zero attached hydrogens (tertiary/aromatic N) is 1. The van der Waals surface area contributed by atoms with Crippen LogP contribution in [0.4, 0.5) is 5.69 Å². The molecule has 0 saturated carbocycles. The van der Waals surface area contributed by atoms with E-state index in [-0.39, 0.29) is 5.41 Å². The molecule has 2 rings (SSSR count). The highest BCUT2D eigenvalue weighted by molar-refractivity contribution is 7.09. The molecule has 2 nitrogen and oxygen atoms in total. The van der Waals surface area contributed by atoms with Crippen LogP contribution in [0, 0.1) is 6.92 Å². The molecule has 0 saturated heterocycles. The summed E-state index contributed by atoms with van der Waals surface area (Å²) in [7, 11) is 0.